The maximum Gasteiger partial charge on any atom is 0.222 e. The molecule has 0 aliphatic rings. The maximum atomic E-state index is 10.8. The van der Waals surface area contributed by atoms with E-state index in [0.29, 0.717) is 6.42 Å². The summed E-state index contributed by atoms with van der Waals surface area (Å²) in [6, 6.07) is 0.544. The van der Waals surface area contributed by atoms with Crippen LogP contribution in [0.2, 0.25) is 0 Å². The number of hydrogen-bond acceptors (Lipinski definition) is 2. The largest absolute Gasteiger partial charge is 0.354 e. The molecular formula is C13H28N2O2. The zero-order chi connectivity index (χ0) is 14.0. The van der Waals surface area contributed by atoms with Gasteiger partial charge in [-0.05, 0) is 27.7 Å². The van der Waals surface area contributed by atoms with Crippen molar-refractivity contribution in [2.45, 2.75) is 67.0 Å². The second-order valence-electron chi connectivity index (χ2n) is 4.89. The van der Waals surface area contributed by atoms with Crippen molar-refractivity contribution in [2.75, 3.05) is 0 Å². The molecule has 0 bridgehead atoms. The van der Waals surface area contributed by atoms with Crippen LogP contribution in [0.4, 0.5) is 0 Å². The van der Waals surface area contributed by atoms with Gasteiger partial charge in [0.25, 0.3) is 0 Å². The molecule has 0 spiro atoms. The van der Waals surface area contributed by atoms with E-state index in [4.69, 9.17) is 0 Å². The van der Waals surface area contributed by atoms with E-state index in [1.807, 2.05) is 48.5 Å². The molecule has 0 saturated carbocycles. The number of nitrogens with one attached hydrogen (secondary N) is 2. The van der Waals surface area contributed by atoms with Gasteiger partial charge in [0.15, 0.2) is 0 Å². The van der Waals surface area contributed by atoms with Crippen molar-refractivity contribution in [1.29, 1.82) is 0 Å². The van der Waals surface area contributed by atoms with E-state index in [1.165, 1.54) is 0 Å². The summed E-state index contributed by atoms with van der Waals surface area (Å²) in [5, 5.41) is 5.56. The summed E-state index contributed by atoms with van der Waals surface area (Å²) in [5.41, 5.74) is 0. The molecule has 0 rings (SSSR count). The molecule has 102 valence electrons. The summed E-state index contributed by atoms with van der Waals surface area (Å²) in [6.45, 7) is 13.4. The molecule has 17 heavy (non-hydrogen) atoms. The zero-order valence-electron chi connectivity index (χ0n) is 12.3. The van der Waals surface area contributed by atoms with Gasteiger partial charge in [-0.15, -0.1) is 0 Å². The van der Waals surface area contributed by atoms with Crippen LogP contribution in [0.3, 0.4) is 0 Å². The highest BCUT2D eigenvalue weighted by atomic mass is 16.2. The van der Waals surface area contributed by atoms with E-state index in [1.54, 1.807) is 0 Å². The summed E-state index contributed by atoms with van der Waals surface area (Å²) in [5.74, 6) is 0.359. The second kappa shape index (κ2) is 10.1. The zero-order valence-corrected chi connectivity index (χ0v) is 12.3. The molecule has 0 unspecified atom stereocenters. The van der Waals surface area contributed by atoms with Crippen LogP contribution in [0.1, 0.15) is 54.9 Å². The van der Waals surface area contributed by atoms with Crippen molar-refractivity contribution in [3.8, 4) is 0 Å². The minimum atomic E-state index is 0.104. The Morgan fingerprint density at radius 1 is 0.882 bits per heavy atom. The Kier molecular flexibility index (Phi) is 10.9. The number of carbonyl (C=O) groups is 2. The molecule has 0 aliphatic carbocycles. The normalized spacial score (nSPS) is 10.0. The fourth-order valence-electron chi connectivity index (χ4n) is 0.875. The Bertz CT molecular complexity index is 223. The number of hydrogen-bond donors (Lipinski definition) is 2. The van der Waals surface area contributed by atoms with Crippen LogP contribution in [0.5, 0.6) is 0 Å². The number of rotatable bonds is 4. The Balaban J connectivity index is 0. The van der Waals surface area contributed by atoms with Gasteiger partial charge in [-0.2, -0.15) is 0 Å². The molecule has 0 aromatic heterocycles. The molecule has 4 nitrogen and oxygen atoms in total. The third-order valence-electron chi connectivity index (χ3n) is 1.73. The quantitative estimate of drug-likeness (QED) is 0.795. The maximum absolute atomic E-state index is 10.8. The van der Waals surface area contributed by atoms with E-state index in [0.717, 1.165) is 0 Å². The Morgan fingerprint density at radius 2 is 1.29 bits per heavy atom. The average molecular weight is 244 g/mol. The third kappa shape index (κ3) is 14.9. The molecule has 0 atom stereocenters. The standard InChI is InChI=1S/C7H15NO.C6H13NO/c1-5(2)7(9)8-6(3)4;1-4-6(8)7-5(2)3/h5-6H,1-4H3,(H,8,9);5H,4H2,1-3H3,(H,7,8). The van der Waals surface area contributed by atoms with Gasteiger partial charge in [-0.1, -0.05) is 20.8 Å². The Labute approximate surface area is 106 Å². The fourth-order valence-corrected chi connectivity index (χ4v) is 0.875. The Morgan fingerprint density at radius 3 is 1.41 bits per heavy atom. The minimum Gasteiger partial charge on any atom is -0.354 e. The van der Waals surface area contributed by atoms with Crippen molar-refractivity contribution < 1.29 is 9.59 Å². The molecule has 0 heterocycles. The highest BCUT2D eigenvalue weighted by Gasteiger charge is 2.06. The lowest BCUT2D eigenvalue weighted by Gasteiger charge is -2.09. The lowest BCUT2D eigenvalue weighted by Crippen LogP contribution is -2.33. The molecule has 0 aromatic carbocycles. The van der Waals surface area contributed by atoms with Gasteiger partial charge in [0, 0.05) is 24.4 Å². The first kappa shape index (κ1) is 18.3. The first-order valence-corrected chi connectivity index (χ1v) is 6.30. The first-order valence-electron chi connectivity index (χ1n) is 6.30. The smallest absolute Gasteiger partial charge is 0.222 e. The average Bonchev–Trinajstić information content (AvgIpc) is 2.16. The summed E-state index contributed by atoms with van der Waals surface area (Å²) < 4.78 is 0. The molecule has 2 N–H and O–H groups in total. The SMILES string of the molecule is CC(C)NC(=O)C(C)C.CCC(=O)NC(C)C. The van der Waals surface area contributed by atoms with E-state index >= 15 is 0 Å². The van der Waals surface area contributed by atoms with Crippen molar-refractivity contribution >= 4 is 11.8 Å². The number of amides is 2. The summed E-state index contributed by atoms with van der Waals surface area (Å²) in [7, 11) is 0. The number of carbonyl (C=O) groups excluding carboxylic acids is 2. The van der Waals surface area contributed by atoms with Gasteiger partial charge >= 0.3 is 0 Å². The van der Waals surface area contributed by atoms with E-state index < -0.39 is 0 Å². The van der Waals surface area contributed by atoms with Crippen molar-refractivity contribution in [2.24, 2.45) is 5.92 Å². The van der Waals surface area contributed by atoms with Crippen LogP contribution in [0, 0.1) is 5.92 Å². The summed E-state index contributed by atoms with van der Waals surface area (Å²) in [4.78, 5) is 21.4. The summed E-state index contributed by atoms with van der Waals surface area (Å²) >= 11 is 0. The van der Waals surface area contributed by atoms with Gasteiger partial charge in [0.2, 0.25) is 11.8 Å². The topological polar surface area (TPSA) is 58.2 Å². The predicted octanol–water partition coefficient (Wildman–Crippen LogP) is 2.09. The first-order chi connectivity index (χ1) is 7.70. The van der Waals surface area contributed by atoms with Crippen LogP contribution in [0.25, 0.3) is 0 Å². The van der Waals surface area contributed by atoms with Crippen LogP contribution in [0.15, 0.2) is 0 Å². The third-order valence-corrected chi connectivity index (χ3v) is 1.73. The van der Waals surface area contributed by atoms with Crippen LogP contribution in [-0.2, 0) is 9.59 Å². The highest BCUT2D eigenvalue weighted by Crippen LogP contribution is 1.91. The molecule has 2 amide bonds. The monoisotopic (exact) mass is 244 g/mol. The van der Waals surface area contributed by atoms with E-state index in [9.17, 15) is 9.59 Å². The van der Waals surface area contributed by atoms with Gasteiger partial charge in [0.1, 0.15) is 0 Å². The lowest BCUT2D eigenvalue weighted by atomic mass is 10.2. The molecule has 0 fully saturated rings. The van der Waals surface area contributed by atoms with E-state index in [2.05, 4.69) is 10.6 Å². The molecule has 0 saturated heterocycles. The summed E-state index contributed by atoms with van der Waals surface area (Å²) in [6.07, 6.45) is 0.582. The Hall–Kier alpha value is -1.06. The molecule has 4 heteroatoms. The minimum absolute atomic E-state index is 0.104. The fraction of sp³-hybridized carbons (Fsp3) is 0.846. The van der Waals surface area contributed by atoms with Crippen LogP contribution in [-0.4, -0.2) is 23.9 Å². The second-order valence-corrected chi connectivity index (χ2v) is 4.89. The highest BCUT2D eigenvalue weighted by molar-refractivity contribution is 5.78. The van der Waals surface area contributed by atoms with Crippen LogP contribution < -0.4 is 10.6 Å². The predicted molar refractivity (Wildman–Crippen MR) is 71.7 cm³/mol. The molecule has 0 radical (unpaired) electrons. The molecule has 0 aromatic rings. The molecular weight excluding hydrogens is 216 g/mol. The van der Waals surface area contributed by atoms with Crippen molar-refractivity contribution in [3.05, 3.63) is 0 Å². The van der Waals surface area contributed by atoms with Gasteiger partial charge in [-0.3, -0.25) is 9.59 Å². The van der Waals surface area contributed by atoms with Crippen LogP contribution >= 0.6 is 0 Å². The van der Waals surface area contributed by atoms with Crippen molar-refractivity contribution in [1.82, 2.24) is 10.6 Å². The molecule has 0 aliphatic heterocycles. The van der Waals surface area contributed by atoms with Gasteiger partial charge in [0.05, 0.1) is 0 Å². The van der Waals surface area contributed by atoms with Crippen molar-refractivity contribution in [3.63, 3.8) is 0 Å². The van der Waals surface area contributed by atoms with Gasteiger partial charge < -0.3 is 10.6 Å². The lowest BCUT2D eigenvalue weighted by molar-refractivity contribution is -0.124. The van der Waals surface area contributed by atoms with Gasteiger partial charge in [-0.25, -0.2) is 0 Å². The van der Waals surface area contributed by atoms with E-state index in [-0.39, 0.29) is 29.8 Å².